The van der Waals surface area contributed by atoms with E-state index in [0.717, 1.165) is 24.9 Å². The molecule has 0 radical (unpaired) electrons. The molecule has 5 N–H and O–H groups in total. The predicted molar refractivity (Wildman–Crippen MR) is 69.4 cm³/mol. The van der Waals surface area contributed by atoms with Gasteiger partial charge in [0, 0.05) is 13.0 Å². The molecule has 96 valence electrons. The van der Waals surface area contributed by atoms with Crippen molar-refractivity contribution in [2.24, 2.45) is 10.9 Å². The second-order valence-corrected chi connectivity index (χ2v) is 4.61. The van der Waals surface area contributed by atoms with Crippen molar-refractivity contribution in [2.75, 3.05) is 13.1 Å². The van der Waals surface area contributed by atoms with Gasteiger partial charge in [0.2, 0.25) is 0 Å². The molecule has 0 amide bonds. The highest BCUT2D eigenvalue weighted by atomic mass is 32.1. The fraction of sp³-hybridized carbons (Fsp3) is 0.545. The predicted octanol–water partition coefficient (Wildman–Crippen LogP) is 1.29. The Balaban J connectivity index is 2.01. The van der Waals surface area contributed by atoms with Gasteiger partial charge in [0.05, 0.1) is 6.10 Å². The number of aliphatic hydroxyl groups excluding tert-OH is 1. The summed E-state index contributed by atoms with van der Waals surface area (Å²) in [6, 6.07) is 1.93. The Kier molecular flexibility index (Phi) is 6.61. The van der Waals surface area contributed by atoms with Crippen LogP contribution in [0.1, 0.15) is 30.9 Å². The normalized spacial score (nSPS) is 13.8. The van der Waals surface area contributed by atoms with Crippen LogP contribution in [0.3, 0.4) is 0 Å². The zero-order chi connectivity index (χ0) is 12.5. The van der Waals surface area contributed by atoms with Gasteiger partial charge in [-0.25, -0.2) is 0 Å². The molecule has 1 atom stereocenters. The number of unbranched alkanes of at least 4 members (excludes halogenated alkanes) is 1. The molecule has 0 saturated heterocycles. The number of nitrogens with one attached hydrogen (secondary N) is 1. The SMILES string of the molecule is N/C(CCCCNCC(O)c1ccsc1)=N/O. The topological polar surface area (TPSA) is 90.9 Å². The van der Waals surface area contributed by atoms with E-state index in [0.29, 0.717) is 13.0 Å². The van der Waals surface area contributed by atoms with Crippen LogP contribution in [0.4, 0.5) is 0 Å². The molecule has 1 heterocycles. The molecular formula is C11H19N3O2S. The van der Waals surface area contributed by atoms with Crippen LogP contribution >= 0.6 is 11.3 Å². The number of rotatable bonds is 8. The van der Waals surface area contributed by atoms with E-state index in [9.17, 15) is 5.11 Å². The van der Waals surface area contributed by atoms with E-state index in [1.807, 2.05) is 16.8 Å². The number of amidine groups is 1. The van der Waals surface area contributed by atoms with Crippen LogP contribution in [-0.2, 0) is 0 Å². The van der Waals surface area contributed by atoms with Gasteiger partial charge in [-0.05, 0) is 41.8 Å². The van der Waals surface area contributed by atoms with Crippen molar-refractivity contribution in [3.05, 3.63) is 22.4 Å². The second-order valence-electron chi connectivity index (χ2n) is 3.83. The van der Waals surface area contributed by atoms with Crippen LogP contribution in [0, 0.1) is 0 Å². The Morgan fingerprint density at radius 1 is 1.53 bits per heavy atom. The lowest BCUT2D eigenvalue weighted by Gasteiger charge is -2.10. The van der Waals surface area contributed by atoms with Crippen molar-refractivity contribution in [1.29, 1.82) is 0 Å². The number of hydrogen-bond acceptors (Lipinski definition) is 5. The Hall–Kier alpha value is -1.11. The Bertz CT molecular complexity index is 327. The van der Waals surface area contributed by atoms with Crippen molar-refractivity contribution < 1.29 is 10.3 Å². The van der Waals surface area contributed by atoms with Crippen molar-refractivity contribution >= 4 is 17.2 Å². The third-order valence-corrected chi connectivity index (χ3v) is 3.13. The summed E-state index contributed by atoms with van der Waals surface area (Å²) in [4.78, 5) is 0. The number of hydrogen-bond donors (Lipinski definition) is 4. The van der Waals surface area contributed by atoms with E-state index in [1.54, 1.807) is 11.3 Å². The third-order valence-electron chi connectivity index (χ3n) is 2.43. The Morgan fingerprint density at radius 2 is 2.35 bits per heavy atom. The molecule has 1 rings (SSSR count). The van der Waals surface area contributed by atoms with Crippen molar-refractivity contribution in [2.45, 2.75) is 25.4 Å². The molecule has 0 saturated carbocycles. The summed E-state index contributed by atoms with van der Waals surface area (Å²) in [5, 5.41) is 28.1. The summed E-state index contributed by atoms with van der Waals surface area (Å²) < 4.78 is 0. The summed E-state index contributed by atoms with van der Waals surface area (Å²) in [6.45, 7) is 1.38. The van der Waals surface area contributed by atoms with E-state index < -0.39 is 6.10 Å². The first kappa shape index (κ1) is 14.0. The fourth-order valence-electron chi connectivity index (χ4n) is 1.43. The lowest BCUT2D eigenvalue weighted by molar-refractivity contribution is 0.175. The molecule has 17 heavy (non-hydrogen) atoms. The maximum atomic E-state index is 9.76. The maximum Gasteiger partial charge on any atom is 0.139 e. The molecule has 5 nitrogen and oxygen atoms in total. The molecule has 0 fully saturated rings. The molecular weight excluding hydrogens is 238 g/mol. The summed E-state index contributed by atoms with van der Waals surface area (Å²) in [5.74, 6) is 0.267. The van der Waals surface area contributed by atoms with Gasteiger partial charge in [0.1, 0.15) is 5.84 Å². The summed E-state index contributed by atoms with van der Waals surface area (Å²) >= 11 is 1.58. The number of nitrogens with two attached hydrogens (primary N) is 1. The second kappa shape index (κ2) is 8.05. The van der Waals surface area contributed by atoms with Gasteiger partial charge in [0.15, 0.2) is 0 Å². The lowest BCUT2D eigenvalue weighted by Crippen LogP contribution is -2.22. The van der Waals surface area contributed by atoms with Crippen LogP contribution in [0.25, 0.3) is 0 Å². The Labute approximate surface area is 105 Å². The van der Waals surface area contributed by atoms with Gasteiger partial charge >= 0.3 is 0 Å². The molecule has 0 bridgehead atoms. The average molecular weight is 257 g/mol. The minimum absolute atomic E-state index is 0.267. The van der Waals surface area contributed by atoms with E-state index in [4.69, 9.17) is 10.9 Å². The Morgan fingerprint density at radius 3 is 3.00 bits per heavy atom. The molecule has 0 spiro atoms. The first-order valence-corrected chi connectivity index (χ1v) is 6.55. The molecule has 0 aromatic carbocycles. The van der Waals surface area contributed by atoms with Crippen LogP contribution in [0.5, 0.6) is 0 Å². The van der Waals surface area contributed by atoms with Crippen LogP contribution in [0.15, 0.2) is 22.0 Å². The van der Waals surface area contributed by atoms with Crippen molar-refractivity contribution in [3.8, 4) is 0 Å². The molecule has 1 unspecified atom stereocenters. The first-order valence-electron chi connectivity index (χ1n) is 5.61. The van der Waals surface area contributed by atoms with E-state index in [2.05, 4.69) is 10.5 Å². The van der Waals surface area contributed by atoms with Gasteiger partial charge < -0.3 is 21.4 Å². The number of aliphatic hydroxyl groups is 1. The first-order chi connectivity index (χ1) is 8.24. The van der Waals surface area contributed by atoms with Crippen LogP contribution in [0.2, 0.25) is 0 Å². The largest absolute Gasteiger partial charge is 0.409 e. The zero-order valence-electron chi connectivity index (χ0n) is 9.67. The summed E-state index contributed by atoms with van der Waals surface area (Å²) in [5.41, 5.74) is 6.30. The zero-order valence-corrected chi connectivity index (χ0v) is 10.5. The van der Waals surface area contributed by atoms with Gasteiger partial charge in [0.25, 0.3) is 0 Å². The molecule has 1 aromatic heterocycles. The standard InChI is InChI=1S/C11H19N3O2S/c12-11(14-16)3-1-2-5-13-7-10(15)9-4-6-17-8-9/h4,6,8,10,13,15-16H,1-3,5,7H2,(H2,12,14). The fourth-order valence-corrected chi connectivity index (χ4v) is 2.13. The lowest BCUT2D eigenvalue weighted by atomic mass is 10.2. The molecule has 1 aromatic rings. The highest BCUT2D eigenvalue weighted by Crippen LogP contribution is 2.14. The van der Waals surface area contributed by atoms with E-state index in [-0.39, 0.29) is 5.84 Å². The average Bonchev–Trinajstić information content (AvgIpc) is 2.86. The summed E-state index contributed by atoms with van der Waals surface area (Å²) in [7, 11) is 0. The van der Waals surface area contributed by atoms with Gasteiger partial charge in [-0.1, -0.05) is 5.16 Å². The van der Waals surface area contributed by atoms with E-state index >= 15 is 0 Å². The van der Waals surface area contributed by atoms with Crippen molar-refractivity contribution in [1.82, 2.24) is 5.32 Å². The number of thiophene rings is 1. The molecule has 6 heteroatoms. The summed E-state index contributed by atoms with van der Waals surface area (Å²) in [6.07, 6.45) is 1.97. The van der Waals surface area contributed by atoms with Crippen LogP contribution < -0.4 is 11.1 Å². The molecule has 0 aliphatic rings. The monoisotopic (exact) mass is 257 g/mol. The van der Waals surface area contributed by atoms with Gasteiger partial charge in [-0.3, -0.25) is 0 Å². The highest BCUT2D eigenvalue weighted by Gasteiger charge is 2.06. The smallest absolute Gasteiger partial charge is 0.139 e. The van der Waals surface area contributed by atoms with Crippen molar-refractivity contribution in [3.63, 3.8) is 0 Å². The van der Waals surface area contributed by atoms with Crippen LogP contribution in [-0.4, -0.2) is 29.2 Å². The van der Waals surface area contributed by atoms with Gasteiger partial charge in [-0.2, -0.15) is 11.3 Å². The van der Waals surface area contributed by atoms with E-state index in [1.165, 1.54) is 0 Å². The number of oxime groups is 1. The highest BCUT2D eigenvalue weighted by molar-refractivity contribution is 7.07. The molecule has 0 aliphatic heterocycles. The third kappa shape index (κ3) is 5.67. The van der Waals surface area contributed by atoms with Gasteiger partial charge in [-0.15, -0.1) is 0 Å². The minimum atomic E-state index is -0.440. The quantitative estimate of drug-likeness (QED) is 0.186. The maximum absolute atomic E-state index is 9.76. The number of nitrogens with zero attached hydrogens (tertiary/aromatic N) is 1. The molecule has 0 aliphatic carbocycles. The minimum Gasteiger partial charge on any atom is -0.409 e.